The Morgan fingerprint density at radius 3 is 2.33 bits per heavy atom. The van der Waals surface area contributed by atoms with E-state index in [0.717, 1.165) is 12.5 Å². The van der Waals surface area contributed by atoms with E-state index in [2.05, 4.69) is 0 Å². The van der Waals surface area contributed by atoms with Crippen LogP contribution >= 0.6 is 11.6 Å². The van der Waals surface area contributed by atoms with Crippen LogP contribution in [0.1, 0.15) is 12.5 Å². The monoisotopic (exact) mass is 282 g/mol. The van der Waals surface area contributed by atoms with Crippen LogP contribution in [0.15, 0.2) is 18.2 Å². The van der Waals surface area contributed by atoms with E-state index in [0.29, 0.717) is 10.8 Å². The van der Waals surface area contributed by atoms with Crippen LogP contribution in [0.25, 0.3) is 0 Å². The summed E-state index contributed by atoms with van der Waals surface area (Å²) >= 11 is 5.71. The SMILES string of the molecule is CC(=O)[O-].Cc1cc(Cl)ccc1OCC(=O)O.[Na+]. The molecule has 0 fully saturated rings. The van der Waals surface area contributed by atoms with E-state index in [1.54, 1.807) is 18.2 Å². The minimum atomic E-state index is -1.08. The van der Waals surface area contributed by atoms with Gasteiger partial charge in [0.25, 0.3) is 0 Å². The Hall–Kier alpha value is -0.750. The number of carboxylic acid groups (broad SMARTS) is 2. The van der Waals surface area contributed by atoms with Gasteiger partial charge in [0.1, 0.15) is 5.75 Å². The van der Waals surface area contributed by atoms with Gasteiger partial charge in [-0.25, -0.2) is 4.79 Å². The molecule has 0 radical (unpaired) electrons. The number of aryl methyl sites for hydroxylation is 1. The molecule has 18 heavy (non-hydrogen) atoms. The summed E-state index contributed by atoms with van der Waals surface area (Å²) in [7, 11) is 0. The molecule has 0 spiro atoms. The van der Waals surface area contributed by atoms with Crippen molar-refractivity contribution in [3.63, 3.8) is 0 Å². The Labute approximate surface area is 132 Å². The van der Waals surface area contributed by atoms with Crippen molar-refractivity contribution in [2.45, 2.75) is 13.8 Å². The predicted molar refractivity (Wildman–Crippen MR) is 60.0 cm³/mol. The molecule has 0 aliphatic heterocycles. The second kappa shape index (κ2) is 10.2. The van der Waals surface area contributed by atoms with Gasteiger partial charge in [-0.2, -0.15) is 0 Å². The third kappa shape index (κ3) is 10.4. The van der Waals surface area contributed by atoms with Gasteiger partial charge in [-0.1, -0.05) is 11.6 Å². The van der Waals surface area contributed by atoms with Crippen LogP contribution in [-0.2, 0) is 9.59 Å². The Morgan fingerprint density at radius 1 is 1.44 bits per heavy atom. The number of aliphatic carboxylic acids is 2. The molecule has 0 aromatic heterocycles. The maximum atomic E-state index is 10.2. The van der Waals surface area contributed by atoms with Gasteiger partial charge in [-0.15, -0.1) is 0 Å². The molecule has 0 atom stereocenters. The van der Waals surface area contributed by atoms with Crippen molar-refractivity contribution in [3.05, 3.63) is 28.8 Å². The Kier molecular flexibility index (Phi) is 11.1. The van der Waals surface area contributed by atoms with Gasteiger partial charge >= 0.3 is 35.5 Å². The summed E-state index contributed by atoms with van der Waals surface area (Å²) in [5.74, 6) is -1.53. The third-order valence-corrected chi connectivity index (χ3v) is 1.72. The fraction of sp³-hybridized carbons (Fsp3) is 0.273. The molecule has 1 rings (SSSR count). The molecule has 1 aromatic carbocycles. The molecule has 0 bridgehead atoms. The van der Waals surface area contributed by atoms with Crippen LogP contribution in [0.4, 0.5) is 0 Å². The summed E-state index contributed by atoms with van der Waals surface area (Å²) < 4.78 is 5.00. The summed E-state index contributed by atoms with van der Waals surface area (Å²) in [6.07, 6.45) is 0. The number of carboxylic acids is 2. The molecule has 7 heteroatoms. The summed E-state index contributed by atoms with van der Waals surface area (Å²) in [6.45, 7) is 2.45. The van der Waals surface area contributed by atoms with E-state index >= 15 is 0 Å². The van der Waals surface area contributed by atoms with Gasteiger partial charge < -0.3 is 19.7 Å². The second-order valence-electron chi connectivity index (χ2n) is 3.08. The zero-order chi connectivity index (χ0) is 13.4. The van der Waals surface area contributed by atoms with Gasteiger partial charge in [0, 0.05) is 11.0 Å². The smallest absolute Gasteiger partial charge is 0.550 e. The molecule has 0 aliphatic carbocycles. The van der Waals surface area contributed by atoms with Crippen molar-refractivity contribution in [1.29, 1.82) is 0 Å². The minimum absolute atomic E-state index is 0. The average molecular weight is 283 g/mol. The van der Waals surface area contributed by atoms with Crippen molar-refractivity contribution in [2.24, 2.45) is 0 Å². The largest absolute Gasteiger partial charge is 1.00 e. The molecule has 0 amide bonds. The molecule has 0 aliphatic rings. The van der Waals surface area contributed by atoms with Crippen LogP contribution < -0.4 is 39.4 Å². The van der Waals surface area contributed by atoms with Gasteiger partial charge in [0.2, 0.25) is 0 Å². The topological polar surface area (TPSA) is 86.7 Å². The average Bonchev–Trinajstić information content (AvgIpc) is 2.15. The number of hydrogen-bond acceptors (Lipinski definition) is 4. The first-order chi connectivity index (χ1) is 7.82. The van der Waals surface area contributed by atoms with Gasteiger partial charge in [-0.05, 0) is 37.6 Å². The Bertz CT molecular complexity index is 404. The molecule has 0 saturated carbocycles. The molecular formula is C11H12ClNaO5. The third-order valence-electron chi connectivity index (χ3n) is 1.49. The fourth-order valence-corrected chi connectivity index (χ4v) is 1.14. The zero-order valence-corrected chi connectivity index (χ0v) is 13.2. The van der Waals surface area contributed by atoms with Gasteiger partial charge in [0.15, 0.2) is 6.61 Å². The first-order valence-electron chi connectivity index (χ1n) is 4.61. The molecular weight excluding hydrogens is 271 g/mol. The maximum absolute atomic E-state index is 10.2. The van der Waals surface area contributed by atoms with Gasteiger partial charge in [-0.3, -0.25) is 0 Å². The standard InChI is InChI=1S/C9H9ClO3.C2H4O2.Na/c1-6-4-7(10)2-3-8(6)13-5-9(11)12;1-2(3)4;/h2-4H,5H2,1H3,(H,11,12);1H3,(H,3,4);/q;;+1/p-1. The number of rotatable bonds is 3. The van der Waals surface area contributed by atoms with E-state index in [9.17, 15) is 4.79 Å². The van der Waals surface area contributed by atoms with Crippen molar-refractivity contribution in [2.75, 3.05) is 6.61 Å². The summed E-state index contributed by atoms with van der Waals surface area (Å²) in [6, 6.07) is 5.03. The molecule has 1 N–H and O–H groups in total. The van der Waals surface area contributed by atoms with Crippen LogP contribution in [0, 0.1) is 6.92 Å². The quantitative estimate of drug-likeness (QED) is 0.640. The number of ether oxygens (including phenoxy) is 1. The van der Waals surface area contributed by atoms with E-state index < -0.39 is 11.9 Å². The van der Waals surface area contributed by atoms with E-state index in [1.165, 1.54) is 0 Å². The first-order valence-corrected chi connectivity index (χ1v) is 4.99. The Morgan fingerprint density at radius 2 is 1.94 bits per heavy atom. The Balaban J connectivity index is 0. The number of hydrogen-bond donors (Lipinski definition) is 1. The van der Waals surface area contributed by atoms with Crippen LogP contribution in [0.3, 0.4) is 0 Å². The van der Waals surface area contributed by atoms with Crippen LogP contribution in [0.5, 0.6) is 5.75 Å². The van der Waals surface area contributed by atoms with E-state index in [4.69, 9.17) is 31.3 Å². The van der Waals surface area contributed by atoms with Crippen molar-refractivity contribution in [1.82, 2.24) is 0 Å². The summed E-state index contributed by atoms with van der Waals surface area (Å²) in [5, 5.41) is 17.9. The second-order valence-corrected chi connectivity index (χ2v) is 3.52. The van der Waals surface area contributed by atoms with Crippen LogP contribution in [-0.4, -0.2) is 23.7 Å². The van der Waals surface area contributed by atoms with E-state index in [-0.39, 0.29) is 36.2 Å². The van der Waals surface area contributed by atoms with Crippen molar-refractivity contribution >= 4 is 23.5 Å². The molecule has 5 nitrogen and oxygen atoms in total. The summed E-state index contributed by atoms with van der Waals surface area (Å²) in [5.41, 5.74) is 0.828. The molecule has 0 unspecified atom stereocenters. The number of carbonyl (C=O) groups is 2. The van der Waals surface area contributed by atoms with Crippen molar-refractivity contribution < 1.29 is 54.1 Å². The fourth-order valence-electron chi connectivity index (χ4n) is 0.914. The molecule has 0 saturated heterocycles. The molecule has 0 heterocycles. The molecule has 94 valence electrons. The predicted octanol–water partition coefficient (Wildman–Crippen LogP) is -2.13. The first kappa shape index (κ1) is 19.6. The van der Waals surface area contributed by atoms with E-state index in [1.807, 2.05) is 6.92 Å². The molecule has 1 aromatic rings. The minimum Gasteiger partial charge on any atom is -0.550 e. The van der Waals surface area contributed by atoms with Crippen LogP contribution in [0.2, 0.25) is 5.02 Å². The zero-order valence-electron chi connectivity index (χ0n) is 10.4. The maximum Gasteiger partial charge on any atom is 1.00 e. The normalized spacial score (nSPS) is 8.39. The number of carbonyl (C=O) groups excluding carboxylic acids is 1. The van der Waals surface area contributed by atoms with Gasteiger partial charge in [0.05, 0.1) is 0 Å². The summed E-state index contributed by atoms with van der Waals surface area (Å²) in [4.78, 5) is 19.1. The van der Waals surface area contributed by atoms with Crippen molar-refractivity contribution in [3.8, 4) is 5.75 Å². The number of halogens is 1. The number of benzene rings is 1.